The number of Topliss-reactive ketones (excluding diaryl/α,β-unsaturated/α-hetero) is 1. The summed E-state index contributed by atoms with van der Waals surface area (Å²) in [5.41, 5.74) is 2.73. The van der Waals surface area contributed by atoms with Gasteiger partial charge in [-0.3, -0.25) is 19.3 Å². The molecule has 0 radical (unpaired) electrons. The predicted octanol–water partition coefficient (Wildman–Crippen LogP) is 0.474. The normalized spacial score (nSPS) is 23.4. The van der Waals surface area contributed by atoms with Crippen molar-refractivity contribution < 1.29 is 9.59 Å². The highest BCUT2D eigenvalue weighted by Crippen LogP contribution is 2.58. The van der Waals surface area contributed by atoms with Crippen molar-refractivity contribution in [3.05, 3.63) is 36.2 Å². The van der Waals surface area contributed by atoms with Crippen molar-refractivity contribution in [1.82, 2.24) is 34.5 Å². The maximum absolute atomic E-state index is 13.3. The lowest BCUT2D eigenvalue weighted by atomic mass is 9.49. The number of nitrogens with zero attached hydrogens (tertiary/aromatic N) is 7. The van der Waals surface area contributed by atoms with Crippen LogP contribution in [-0.2, 0) is 17.9 Å². The molecule has 1 saturated carbocycles. The van der Waals surface area contributed by atoms with Gasteiger partial charge in [0.2, 0.25) is 5.91 Å². The average Bonchev–Trinajstić information content (AvgIpc) is 3.17. The van der Waals surface area contributed by atoms with Crippen LogP contribution in [0.5, 0.6) is 0 Å². The SMILES string of the molecule is BBC1CC2(C)CC2N1C(=O)Cn1nc(C(C)=O)c2cc(-c3cnc(CN(C)C)nc3)ncc21. The summed E-state index contributed by atoms with van der Waals surface area (Å²) in [5.74, 6) is 0.926. The number of hydrogen-bond donors (Lipinski definition) is 0. The number of hydrogen-bond acceptors (Lipinski definition) is 7. The van der Waals surface area contributed by atoms with Crippen molar-refractivity contribution in [3.8, 4) is 11.3 Å². The Morgan fingerprint density at radius 2 is 1.94 bits per heavy atom. The summed E-state index contributed by atoms with van der Waals surface area (Å²) in [4.78, 5) is 43.2. The number of piperidine rings is 1. The van der Waals surface area contributed by atoms with Gasteiger partial charge < -0.3 is 9.80 Å². The molecule has 9 nitrogen and oxygen atoms in total. The number of likely N-dealkylation sites (tertiary alicyclic amines) is 1. The van der Waals surface area contributed by atoms with Crippen LogP contribution in [0.3, 0.4) is 0 Å². The lowest BCUT2D eigenvalue weighted by Crippen LogP contribution is -2.43. The summed E-state index contributed by atoms with van der Waals surface area (Å²) in [6, 6.07) is 2.17. The Bertz CT molecular complexity index is 1280. The van der Waals surface area contributed by atoms with E-state index in [0.717, 1.165) is 31.4 Å². The molecular weight excluding hydrogens is 428 g/mol. The molecule has 3 atom stereocenters. The molecule has 34 heavy (non-hydrogen) atoms. The second-order valence-electron chi connectivity index (χ2n) is 10.2. The number of aromatic nitrogens is 5. The Morgan fingerprint density at radius 3 is 2.59 bits per heavy atom. The predicted molar refractivity (Wildman–Crippen MR) is 133 cm³/mol. The van der Waals surface area contributed by atoms with Gasteiger partial charge in [-0.2, -0.15) is 5.10 Å². The molecule has 3 aromatic heterocycles. The number of fused-ring (bicyclic) bond motifs is 2. The lowest BCUT2D eigenvalue weighted by Gasteiger charge is -2.26. The Morgan fingerprint density at radius 1 is 1.21 bits per heavy atom. The summed E-state index contributed by atoms with van der Waals surface area (Å²) in [6.45, 7) is 4.53. The van der Waals surface area contributed by atoms with Gasteiger partial charge in [-0.1, -0.05) is 6.92 Å². The second-order valence-corrected chi connectivity index (χ2v) is 10.2. The van der Waals surface area contributed by atoms with Gasteiger partial charge in [-0.05, 0) is 44.4 Å². The van der Waals surface area contributed by atoms with Crippen LogP contribution >= 0.6 is 0 Å². The van der Waals surface area contributed by atoms with E-state index in [1.165, 1.54) is 6.92 Å². The van der Waals surface area contributed by atoms with Gasteiger partial charge in [-0.15, -0.1) is 0 Å². The highest BCUT2D eigenvalue weighted by atomic mass is 16.2. The van der Waals surface area contributed by atoms with Gasteiger partial charge >= 0.3 is 0 Å². The van der Waals surface area contributed by atoms with Gasteiger partial charge in [-0.25, -0.2) is 9.97 Å². The Labute approximate surface area is 200 Å². The number of pyridine rings is 1. The zero-order chi connectivity index (χ0) is 24.2. The molecule has 1 amide bonds. The minimum Gasteiger partial charge on any atom is -0.343 e. The third-order valence-corrected chi connectivity index (χ3v) is 7.21. The molecule has 5 rings (SSSR count). The molecule has 4 heterocycles. The van der Waals surface area contributed by atoms with E-state index in [1.54, 1.807) is 23.3 Å². The highest BCUT2D eigenvalue weighted by Gasteiger charge is 2.61. The van der Waals surface area contributed by atoms with Crippen molar-refractivity contribution in [2.24, 2.45) is 5.41 Å². The molecule has 174 valence electrons. The minimum atomic E-state index is -0.145. The van der Waals surface area contributed by atoms with Crippen LogP contribution in [0.15, 0.2) is 24.7 Å². The summed E-state index contributed by atoms with van der Waals surface area (Å²) < 4.78 is 1.63. The topological polar surface area (TPSA) is 97.1 Å². The average molecular weight is 457 g/mol. The first-order valence-corrected chi connectivity index (χ1v) is 11.8. The zero-order valence-electron chi connectivity index (χ0n) is 20.4. The van der Waals surface area contributed by atoms with Crippen LogP contribution in [0, 0.1) is 5.41 Å². The molecule has 0 spiro atoms. The van der Waals surface area contributed by atoms with Crippen LogP contribution in [0.4, 0.5) is 0 Å². The van der Waals surface area contributed by atoms with Gasteiger partial charge in [0.15, 0.2) is 5.78 Å². The third kappa shape index (κ3) is 3.91. The van der Waals surface area contributed by atoms with Gasteiger partial charge in [0, 0.05) is 36.3 Å². The first-order valence-electron chi connectivity index (χ1n) is 11.8. The van der Waals surface area contributed by atoms with E-state index in [2.05, 4.69) is 39.6 Å². The lowest BCUT2D eigenvalue weighted by molar-refractivity contribution is -0.132. The Kier molecular flexibility index (Phi) is 5.54. The molecular formula is C23H29B2N7O2. The standard InChI is InChI=1S/C23H29B2N7O2/c1-13(33)22-15-5-16(14-8-27-20(28-9-14)11-30(3)4)26-10-17(15)31(29-22)12-21(34)32-18-6-23(18,2)7-19(32)25-24/h5,8-10,18-19,25H,6-7,11-12,24H2,1-4H3. The first kappa shape index (κ1) is 22.7. The molecule has 11 heteroatoms. The Hall–Kier alpha value is -3.07. The van der Waals surface area contributed by atoms with Crippen molar-refractivity contribution in [3.63, 3.8) is 0 Å². The van der Waals surface area contributed by atoms with E-state index >= 15 is 0 Å². The van der Waals surface area contributed by atoms with E-state index in [1.807, 2.05) is 25.1 Å². The van der Waals surface area contributed by atoms with Crippen molar-refractivity contribution in [2.45, 2.75) is 51.8 Å². The second kappa shape index (κ2) is 8.30. The van der Waals surface area contributed by atoms with Crippen LogP contribution < -0.4 is 0 Å². The van der Waals surface area contributed by atoms with Crippen LogP contribution in [0.25, 0.3) is 22.2 Å². The fourth-order valence-electron chi connectivity index (χ4n) is 5.32. The summed E-state index contributed by atoms with van der Waals surface area (Å²) in [5, 5.41) is 5.22. The smallest absolute Gasteiger partial charge is 0.244 e. The summed E-state index contributed by atoms with van der Waals surface area (Å²) in [6.07, 6.45) is 7.32. The van der Waals surface area contributed by atoms with Gasteiger partial charge in [0.05, 0.1) is 31.7 Å². The first-order chi connectivity index (χ1) is 16.2. The van der Waals surface area contributed by atoms with Crippen LogP contribution in [-0.4, -0.2) is 87.2 Å². The van der Waals surface area contributed by atoms with E-state index in [9.17, 15) is 9.59 Å². The molecule has 2 fully saturated rings. The third-order valence-electron chi connectivity index (χ3n) is 7.21. The molecule has 1 aliphatic heterocycles. The fourth-order valence-corrected chi connectivity index (χ4v) is 5.32. The molecule has 0 N–H and O–H groups in total. The van der Waals surface area contributed by atoms with Crippen LogP contribution in [0.1, 0.15) is 43.0 Å². The quantitative estimate of drug-likeness (QED) is 0.376. The van der Waals surface area contributed by atoms with Crippen molar-refractivity contribution in [2.75, 3.05) is 14.1 Å². The van der Waals surface area contributed by atoms with Gasteiger partial charge in [0.1, 0.15) is 25.2 Å². The molecule has 0 bridgehead atoms. The maximum Gasteiger partial charge on any atom is 0.244 e. The number of rotatable bonds is 7. The van der Waals surface area contributed by atoms with Crippen molar-refractivity contribution in [1.29, 1.82) is 0 Å². The Balaban J connectivity index is 1.45. The number of ketones is 1. The fraction of sp³-hybridized carbons (Fsp3) is 0.478. The van der Waals surface area contributed by atoms with E-state index in [-0.39, 0.29) is 29.6 Å². The van der Waals surface area contributed by atoms with Gasteiger partial charge in [0.25, 0.3) is 0 Å². The highest BCUT2D eigenvalue weighted by molar-refractivity contribution is 6.90. The minimum absolute atomic E-state index is 0.0616. The molecule has 3 aromatic rings. The number of carbonyl (C=O) groups is 2. The van der Waals surface area contributed by atoms with E-state index < -0.39 is 0 Å². The maximum atomic E-state index is 13.3. The largest absolute Gasteiger partial charge is 0.343 e. The van der Waals surface area contributed by atoms with Crippen LogP contribution in [0.2, 0.25) is 0 Å². The number of amides is 1. The molecule has 0 aromatic carbocycles. The summed E-state index contributed by atoms with van der Waals surface area (Å²) in [7, 11) is 7.02. The van der Waals surface area contributed by atoms with Crippen molar-refractivity contribution >= 4 is 37.5 Å². The molecule has 1 saturated heterocycles. The van der Waals surface area contributed by atoms with E-state index in [4.69, 9.17) is 0 Å². The van der Waals surface area contributed by atoms with E-state index in [0.29, 0.717) is 34.9 Å². The molecule has 3 unspecified atom stereocenters. The molecule has 1 aliphatic carbocycles. The zero-order valence-corrected chi connectivity index (χ0v) is 20.4. The molecule has 2 aliphatic rings. The number of carbonyl (C=O) groups excluding carboxylic acids is 2. The monoisotopic (exact) mass is 457 g/mol. The summed E-state index contributed by atoms with van der Waals surface area (Å²) >= 11 is 0.